The second kappa shape index (κ2) is 12.4. The van der Waals surface area contributed by atoms with Crippen LogP contribution in [0.15, 0.2) is 64.2 Å². The Hall–Kier alpha value is -4.54. The number of esters is 1. The number of aromatic amines is 1. The van der Waals surface area contributed by atoms with Gasteiger partial charge in [0.2, 0.25) is 0 Å². The topological polar surface area (TPSA) is 146 Å². The van der Waals surface area contributed by atoms with Gasteiger partial charge in [-0.15, -0.1) is 0 Å². The van der Waals surface area contributed by atoms with Crippen LogP contribution in [0.2, 0.25) is 0 Å². The number of ether oxygens (including phenoxy) is 3. The highest BCUT2D eigenvalue weighted by atomic mass is 16.6. The number of amides is 1. The molecule has 0 bridgehead atoms. The zero-order valence-electron chi connectivity index (χ0n) is 20.9. The summed E-state index contributed by atoms with van der Waals surface area (Å²) in [4.78, 5) is 53.9. The van der Waals surface area contributed by atoms with Crippen molar-refractivity contribution in [3.63, 3.8) is 0 Å². The summed E-state index contributed by atoms with van der Waals surface area (Å²) in [7, 11) is 1.53. The van der Waals surface area contributed by atoms with Gasteiger partial charge in [-0.1, -0.05) is 44.2 Å². The van der Waals surface area contributed by atoms with E-state index in [4.69, 9.17) is 19.9 Å². The highest BCUT2D eigenvalue weighted by molar-refractivity contribution is 5.97. The molecule has 11 heteroatoms. The number of nitrogens with zero attached hydrogens (tertiary/aromatic N) is 2. The minimum Gasteiger partial charge on any atom is -0.497 e. The molecule has 0 saturated heterocycles. The number of hydrogen-bond acceptors (Lipinski definition) is 8. The van der Waals surface area contributed by atoms with Gasteiger partial charge in [0.1, 0.15) is 17.3 Å². The van der Waals surface area contributed by atoms with Crippen LogP contribution in [-0.4, -0.2) is 48.3 Å². The van der Waals surface area contributed by atoms with Crippen LogP contribution >= 0.6 is 0 Å². The van der Waals surface area contributed by atoms with Crippen molar-refractivity contribution in [2.45, 2.75) is 20.4 Å². The van der Waals surface area contributed by atoms with Crippen LogP contribution in [0, 0.1) is 5.92 Å². The minimum absolute atomic E-state index is 0.0636. The number of hydrogen-bond donors (Lipinski definition) is 2. The number of nitrogens with one attached hydrogen (secondary N) is 1. The molecule has 1 heterocycles. The minimum atomic E-state index is -0.810. The lowest BCUT2D eigenvalue weighted by molar-refractivity contribution is -0.149. The van der Waals surface area contributed by atoms with Crippen molar-refractivity contribution in [1.82, 2.24) is 9.55 Å². The molecule has 0 aliphatic heterocycles. The quantitative estimate of drug-likeness (QED) is 0.371. The van der Waals surface area contributed by atoms with E-state index in [-0.39, 0.29) is 30.5 Å². The second-order valence-electron chi connectivity index (χ2n) is 8.59. The van der Waals surface area contributed by atoms with E-state index < -0.39 is 36.3 Å². The van der Waals surface area contributed by atoms with Gasteiger partial charge in [-0.05, 0) is 35.7 Å². The van der Waals surface area contributed by atoms with Crippen LogP contribution in [0.4, 0.5) is 11.5 Å². The number of carbonyl (C=O) groups is 2. The monoisotopic (exact) mass is 510 g/mol. The third-order valence-corrected chi connectivity index (χ3v) is 5.29. The smallest absolute Gasteiger partial charge is 0.344 e. The average Bonchev–Trinajstić information content (AvgIpc) is 2.88. The molecule has 0 fully saturated rings. The molecule has 0 aliphatic rings. The lowest BCUT2D eigenvalue weighted by atomic mass is 10.2. The van der Waals surface area contributed by atoms with Crippen LogP contribution < -0.4 is 31.4 Å². The first kappa shape index (κ1) is 27.1. The molecule has 0 spiro atoms. The van der Waals surface area contributed by atoms with Crippen molar-refractivity contribution >= 4 is 23.4 Å². The van der Waals surface area contributed by atoms with Gasteiger partial charge in [0.15, 0.2) is 18.9 Å². The van der Waals surface area contributed by atoms with Gasteiger partial charge in [-0.3, -0.25) is 19.1 Å². The maximum absolute atomic E-state index is 13.1. The SMILES string of the molecule is COc1ccc(OCC(=O)OCC(=O)N(CC(C)C)c2c(N)n(Cc3ccccc3)c(=O)[nH]c2=O)cc1. The molecule has 0 unspecified atom stereocenters. The van der Waals surface area contributed by atoms with Gasteiger partial charge in [0, 0.05) is 6.54 Å². The molecule has 37 heavy (non-hydrogen) atoms. The van der Waals surface area contributed by atoms with Crippen LogP contribution in [0.3, 0.4) is 0 Å². The highest BCUT2D eigenvalue weighted by Gasteiger charge is 2.26. The van der Waals surface area contributed by atoms with Crippen molar-refractivity contribution < 1.29 is 23.8 Å². The molecule has 1 amide bonds. The summed E-state index contributed by atoms with van der Waals surface area (Å²) < 4.78 is 16.7. The lowest BCUT2D eigenvalue weighted by Crippen LogP contribution is -2.44. The average molecular weight is 511 g/mol. The number of nitrogens with two attached hydrogens (primary N) is 1. The Morgan fingerprint density at radius 3 is 2.27 bits per heavy atom. The van der Waals surface area contributed by atoms with Gasteiger partial charge in [0.25, 0.3) is 11.5 Å². The molecular formula is C26H30N4O7. The van der Waals surface area contributed by atoms with Crippen LogP contribution in [0.1, 0.15) is 19.4 Å². The van der Waals surface area contributed by atoms with Gasteiger partial charge in [-0.25, -0.2) is 9.59 Å². The Balaban J connectivity index is 1.75. The summed E-state index contributed by atoms with van der Waals surface area (Å²) in [6.07, 6.45) is 0. The van der Waals surface area contributed by atoms with Gasteiger partial charge in [-0.2, -0.15) is 0 Å². The number of anilines is 2. The zero-order chi connectivity index (χ0) is 26.9. The molecular weight excluding hydrogens is 480 g/mol. The summed E-state index contributed by atoms with van der Waals surface area (Å²) in [5.74, 6) is -0.619. The molecule has 0 saturated carbocycles. The third kappa shape index (κ3) is 7.23. The normalized spacial score (nSPS) is 10.7. The first-order valence-corrected chi connectivity index (χ1v) is 11.6. The Morgan fingerprint density at radius 1 is 1.00 bits per heavy atom. The Labute approximate surface area is 213 Å². The van der Waals surface area contributed by atoms with E-state index in [9.17, 15) is 19.2 Å². The number of nitrogen functional groups attached to an aromatic ring is 1. The fourth-order valence-corrected chi connectivity index (χ4v) is 3.52. The number of rotatable bonds is 11. The predicted octanol–water partition coefficient (Wildman–Crippen LogP) is 1.79. The molecule has 1 aromatic heterocycles. The predicted molar refractivity (Wildman–Crippen MR) is 138 cm³/mol. The Morgan fingerprint density at radius 2 is 1.65 bits per heavy atom. The van der Waals surface area contributed by atoms with Crippen LogP contribution in [-0.2, 0) is 20.9 Å². The van der Waals surface area contributed by atoms with E-state index in [0.29, 0.717) is 11.5 Å². The summed E-state index contributed by atoms with van der Waals surface area (Å²) >= 11 is 0. The van der Waals surface area contributed by atoms with Gasteiger partial charge in [0.05, 0.1) is 13.7 Å². The van der Waals surface area contributed by atoms with Crippen molar-refractivity contribution in [3.05, 3.63) is 81.0 Å². The standard InChI is InChI=1S/C26H30N4O7/c1-17(2)13-29(21(31)15-37-22(32)16-36-20-11-9-19(35-3)10-12-20)23-24(27)30(26(34)28-25(23)33)14-18-7-5-4-6-8-18/h4-12,17H,13-16,27H2,1-3H3,(H,28,33,34). The fourth-order valence-electron chi connectivity index (χ4n) is 3.52. The van der Waals surface area contributed by atoms with E-state index in [1.54, 1.807) is 36.4 Å². The fraction of sp³-hybridized carbons (Fsp3) is 0.308. The highest BCUT2D eigenvalue weighted by Crippen LogP contribution is 2.20. The summed E-state index contributed by atoms with van der Waals surface area (Å²) in [6.45, 7) is 2.83. The molecule has 196 valence electrons. The third-order valence-electron chi connectivity index (χ3n) is 5.29. The maximum atomic E-state index is 13.1. The number of methoxy groups -OCH3 is 1. The van der Waals surface area contributed by atoms with Crippen molar-refractivity contribution in [3.8, 4) is 11.5 Å². The Bertz CT molecular complexity index is 1330. The van der Waals surface area contributed by atoms with E-state index >= 15 is 0 Å². The first-order chi connectivity index (χ1) is 17.7. The van der Waals surface area contributed by atoms with Crippen LogP contribution in [0.25, 0.3) is 0 Å². The van der Waals surface area contributed by atoms with E-state index in [1.165, 1.54) is 11.7 Å². The molecule has 3 N–H and O–H groups in total. The number of H-pyrrole nitrogens is 1. The van der Waals surface area contributed by atoms with Crippen molar-refractivity contribution in [2.24, 2.45) is 5.92 Å². The summed E-state index contributed by atoms with van der Waals surface area (Å²) in [6, 6.07) is 15.7. The number of benzene rings is 2. The van der Waals surface area contributed by atoms with E-state index in [1.807, 2.05) is 32.0 Å². The zero-order valence-corrected chi connectivity index (χ0v) is 20.9. The largest absolute Gasteiger partial charge is 0.497 e. The second-order valence-corrected chi connectivity index (χ2v) is 8.59. The molecule has 2 aromatic carbocycles. The van der Waals surface area contributed by atoms with Gasteiger partial charge < -0.3 is 24.8 Å². The van der Waals surface area contributed by atoms with Gasteiger partial charge >= 0.3 is 11.7 Å². The van der Waals surface area contributed by atoms with Crippen molar-refractivity contribution in [1.29, 1.82) is 0 Å². The molecule has 0 aliphatic carbocycles. The summed E-state index contributed by atoms with van der Waals surface area (Å²) in [5.41, 5.74) is 5.34. The Kier molecular flexibility index (Phi) is 9.09. The molecule has 3 aromatic rings. The number of aromatic nitrogens is 2. The van der Waals surface area contributed by atoms with Crippen molar-refractivity contribution in [2.75, 3.05) is 37.5 Å². The van der Waals surface area contributed by atoms with Crippen LogP contribution in [0.5, 0.6) is 11.5 Å². The van der Waals surface area contributed by atoms with E-state index in [0.717, 1.165) is 10.5 Å². The van der Waals surface area contributed by atoms with E-state index in [2.05, 4.69) is 4.98 Å². The lowest BCUT2D eigenvalue weighted by Gasteiger charge is -2.26. The molecule has 3 rings (SSSR count). The molecule has 0 radical (unpaired) electrons. The molecule has 11 nitrogen and oxygen atoms in total. The molecule has 0 atom stereocenters. The maximum Gasteiger partial charge on any atom is 0.344 e. The number of carbonyl (C=O) groups excluding carboxylic acids is 2. The summed E-state index contributed by atoms with van der Waals surface area (Å²) in [5, 5.41) is 0. The first-order valence-electron chi connectivity index (χ1n) is 11.6.